The van der Waals surface area contributed by atoms with Gasteiger partial charge in [-0.3, -0.25) is 9.78 Å². The van der Waals surface area contributed by atoms with Crippen LogP contribution in [0, 0.1) is 25.2 Å². The fourth-order valence-corrected chi connectivity index (χ4v) is 2.73. The van der Waals surface area contributed by atoms with E-state index in [1.165, 1.54) is 10.9 Å². The number of hydrogen-bond acceptors (Lipinski definition) is 3. The second kappa shape index (κ2) is 5.12. The molecule has 8 heteroatoms. The van der Waals surface area contributed by atoms with Gasteiger partial charge in [0, 0.05) is 16.6 Å². The molecule has 1 aromatic carbocycles. The van der Waals surface area contributed by atoms with Gasteiger partial charge in [-0.05, 0) is 31.5 Å². The maximum Gasteiger partial charge on any atom is 0.416 e. The van der Waals surface area contributed by atoms with Crippen molar-refractivity contribution < 1.29 is 13.2 Å². The zero-order chi connectivity index (χ0) is 16.8. The lowest BCUT2D eigenvalue weighted by atomic mass is 9.97. The molecule has 1 N–H and O–H groups in total. The number of nitrogens with one attached hydrogen (secondary N) is 1. The Bertz CT molecular complexity index is 927. The fraction of sp³-hybridized carbons (Fsp3) is 0.267. The molecular formula is C15H12F3N5. The lowest BCUT2D eigenvalue weighted by Gasteiger charge is -2.11. The monoisotopic (exact) mass is 319 g/mol. The van der Waals surface area contributed by atoms with E-state index in [9.17, 15) is 13.2 Å². The van der Waals surface area contributed by atoms with Crippen molar-refractivity contribution in [3.63, 3.8) is 0 Å². The summed E-state index contributed by atoms with van der Waals surface area (Å²) in [4.78, 5) is 0. The van der Waals surface area contributed by atoms with Crippen LogP contribution in [0.4, 0.5) is 13.2 Å². The zero-order valence-corrected chi connectivity index (χ0v) is 12.4. The van der Waals surface area contributed by atoms with E-state index in [4.69, 9.17) is 5.26 Å². The van der Waals surface area contributed by atoms with E-state index in [1.807, 2.05) is 6.07 Å². The quantitative estimate of drug-likeness (QED) is 0.785. The van der Waals surface area contributed by atoms with Crippen LogP contribution in [0.2, 0.25) is 0 Å². The number of aryl methyl sites for hydroxylation is 1. The van der Waals surface area contributed by atoms with Gasteiger partial charge < -0.3 is 0 Å². The van der Waals surface area contributed by atoms with E-state index < -0.39 is 11.7 Å². The highest BCUT2D eigenvalue weighted by Crippen LogP contribution is 2.38. The molecule has 0 spiro atoms. The Morgan fingerprint density at radius 2 is 2.04 bits per heavy atom. The van der Waals surface area contributed by atoms with Gasteiger partial charge in [-0.2, -0.15) is 28.6 Å². The minimum atomic E-state index is -4.46. The molecule has 0 aliphatic carbocycles. The Kier molecular flexibility index (Phi) is 3.36. The van der Waals surface area contributed by atoms with Crippen molar-refractivity contribution in [2.24, 2.45) is 0 Å². The average Bonchev–Trinajstić information content (AvgIpc) is 3.03. The molecule has 0 unspecified atom stereocenters. The third-order valence-electron chi connectivity index (χ3n) is 3.76. The smallest absolute Gasteiger partial charge is 0.278 e. The van der Waals surface area contributed by atoms with E-state index in [0.717, 1.165) is 12.1 Å². The first-order chi connectivity index (χ1) is 10.8. The molecule has 0 aliphatic rings. The number of aromatic amines is 1. The van der Waals surface area contributed by atoms with E-state index in [1.54, 1.807) is 13.8 Å². The van der Waals surface area contributed by atoms with Crippen molar-refractivity contribution in [2.75, 3.05) is 0 Å². The van der Waals surface area contributed by atoms with Crippen molar-refractivity contribution in [3.8, 4) is 17.2 Å². The third-order valence-corrected chi connectivity index (χ3v) is 3.76. The van der Waals surface area contributed by atoms with Crippen LogP contribution in [-0.2, 0) is 12.7 Å². The normalized spacial score (nSPS) is 11.8. The molecule has 23 heavy (non-hydrogen) atoms. The summed E-state index contributed by atoms with van der Waals surface area (Å²) in [7, 11) is 0. The summed E-state index contributed by atoms with van der Waals surface area (Å²) < 4.78 is 40.9. The molecule has 0 saturated carbocycles. The summed E-state index contributed by atoms with van der Waals surface area (Å²) in [6, 6.07) is 4.13. The first kappa shape index (κ1) is 15.1. The first-order valence-electron chi connectivity index (χ1n) is 6.78. The molecule has 0 aliphatic heterocycles. The Labute approximate surface area is 129 Å². The predicted molar refractivity (Wildman–Crippen MR) is 77.4 cm³/mol. The van der Waals surface area contributed by atoms with Crippen molar-refractivity contribution in [1.29, 1.82) is 5.26 Å². The van der Waals surface area contributed by atoms with Crippen LogP contribution < -0.4 is 0 Å². The van der Waals surface area contributed by atoms with Crippen LogP contribution in [0.15, 0.2) is 18.3 Å². The molecule has 0 bridgehead atoms. The van der Waals surface area contributed by atoms with Crippen LogP contribution in [-0.4, -0.2) is 20.0 Å². The number of aromatic nitrogens is 4. The minimum absolute atomic E-state index is 0.0418. The van der Waals surface area contributed by atoms with Gasteiger partial charge in [0.15, 0.2) is 0 Å². The van der Waals surface area contributed by atoms with Crippen LogP contribution in [0.5, 0.6) is 0 Å². The van der Waals surface area contributed by atoms with Gasteiger partial charge in [0.25, 0.3) is 0 Å². The summed E-state index contributed by atoms with van der Waals surface area (Å²) in [5.74, 6) is 0. The van der Waals surface area contributed by atoms with Crippen LogP contribution in [0.25, 0.3) is 22.0 Å². The second-order valence-electron chi connectivity index (χ2n) is 5.21. The number of nitrogens with zero attached hydrogens (tertiary/aromatic N) is 4. The van der Waals surface area contributed by atoms with Crippen molar-refractivity contribution in [2.45, 2.75) is 26.6 Å². The van der Waals surface area contributed by atoms with E-state index in [0.29, 0.717) is 33.4 Å². The summed E-state index contributed by atoms with van der Waals surface area (Å²) in [5, 5.41) is 20.1. The molecule has 0 amide bonds. The second-order valence-corrected chi connectivity index (χ2v) is 5.21. The largest absolute Gasteiger partial charge is 0.416 e. The topological polar surface area (TPSA) is 70.3 Å². The van der Waals surface area contributed by atoms with Crippen molar-refractivity contribution in [3.05, 3.63) is 35.3 Å². The fourth-order valence-electron chi connectivity index (χ4n) is 2.73. The Morgan fingerprint density at radius 1 is 1.30 bits per heavy atom. The van der Waals surface area contributed by atoms with E-state index in [-0.39, 0.29) is 6.54 Å². The molecule has 118 valence electrons. The van der Waals surface area contributed by atoms with Crippen LogP contribution in [0.3, 0.4) is 0 Å². The molecule has 2 heterocycles. The number of alkyl halides is 3. The van der Waals surface area contributed by atoms with E-state index >= 15 is 0 Å². The number of benzene rings is 1. The molecule has 0 saturated heterocycles. The summed E-state index contributed by atoms with van der Waals surface area (Å²) in [6.07, 6.45) is -2.97. The number of rotatable bonds is 2. The van der Waals surface area contributed by atoms with Gasteiger partial charge >= 0.3 is 6.18 Å². The van der Waals surface area contributed by atoms with Crippen molar-refractivity contribution >= 4 is 10.9 Å². The SMILES string of the molecule is Cc1nn(CC#N)c(C)c1-c1cc(C(F)(F)F)cc2[nH]ncc12. The highest BCUT2D eigenvalue weighted by molar-refractivity contribution is 5.96. The van der Waals surface area contributed by atoms with Gasteiger partial charge in [0.05, 0.1) is 29.0 Å². The Balaban J connectivity index is 2.32. The minimum Gasteiger partial charge on any atom is -0.278 e. The van der Waals surface area contributed by atoms with Crippen molar-refractivity contribution in [1.82, 2.24) is 20.0 Å². The van der Waals surface area contributed by atoms with Crippen LogP contribution >= 0.6 is 0 Å². The molecule has 0 atom stereocenters. The van der Waals surface area contributed by atoms with Gasteiger partial charge in [-0.25, -0.2) is 0 Å². The average molecular weight is 319 g/mol. The molecule has 0 fully saturated rings. The highest BCUT2D eigenvalue weighted by Gasteiger charge is 2.32. The summed E-state index contributed by atoms with van der Waals surface area (Å²) in [6.45, 7) is 3.49. The molecular weight excluding hydrogens is 307 g/mol. The van der Waals surface area contributed by atoms with Gasteiger partial charge in [-0.1, -0.05) is 0 Å². The lowest BCUT2D eigenvalue weighted by Crippen LogP contribution is -2.05. The number of nitriles is 1. The van der Waals surface area contributed by atoms with Gasteiger partial charge in [0.2, 0.25) is 0 Å². The first-order valence-corrected chi connectivity index (χ1v) is 6.78. The molecule has 3 aromatic rings. The Morgan fingerprint density at radius 3 is 2.70 bits per heavy atom. The molecule has 0 radical (unpaired) electrons. The molecule has 2 aromatic heterocycles. The summed E-state index contributed by atoms with van der Waals surface area (Å²) >= 11 is 0. The van der Waals surface area contributed by atoms with Crippen LogP contribution in [0.1, 0.15) is 17.0 Å². The maximum atomic E-state index is 13.1. The number of halogens is 3. The zero-order valence-electron chi connectivity index (χ0n) is 12.4. The summed E-state index contributed by atoms with van der Waals surface area (Å²) in [5.41, 5.74) is 1.77. The molecule has 5 nitrogen and oxygen atoms in total. The number of hydrogen-bond donors (Lipinski definition) is 1. The molecule has 3 rings (SSSR count). The standard InChI is InChI=1S/C15H12F3N5/c1-8-14(9(2)23(22-8)4-3-19)11-5-10(15(16,17)18)6-13-12(11)7-20-21-13/h5-7H,4H2,1-2H3,(H,20,21). The number of H-pyrrole nitrogens is 1. The highest BCUT2D eigenvalue weighted by atomic mass is 19.4. The predicted octanol–water partition coefficient (Wildman–Crippen LogP) is 3.59. The number of fused-ring (bicyclic) bond motifs is 1. The maximum absolute atomic E-state index is 13.1. The lowest BCUT2D eigenvalue weighted by molar-refractivity contribution is -0.137. The van der Waals surface area contributed by atoms with E-state index in [2.05, 4.69) is 15.3 Å². The van der Waals surface area contributed by atoms with Gasteiger partial charge in [0.1, 0.15) is 6.54 Å². The Hall–Kier alpha value is -2.82. The van der Waals surface area contributed by atoms with Gasteiger partial charge in [-0.15, -0.1) is 0 Å². The third kappa shape index (κ3) is 2.44.